The minimum absolute atomic E-state index is 0.127. The van der Waals surface area contributed by atoms with Crippen LogP contribution in [0.5, 0.6) is 0 Å². The number of rotatable bonds is 10. The van der Waals surface area contributed by atoms with E-state index in [1.165, 1.54) is 51.4 Å². The first-order valence-electron chi connectivity index (χ1n) is 9.61. The van der Waals surface area contributed by atoms with Crippen molar-refractivity contribution in [1.29, 1.82) is 0 Å². The van der Waals surface area contributed by atoms with Crippen LogP contribution in [0.2, 0.25) is 0 Å². The van der Waals surface area contributed by atoms with Gasteiger partial charge in [0.25, 0.3) is 0 Å². The zero-order valence-corrected chi connectivity index (χ0v) is 16.9. The van der Waals surface area contributed by atoms with Gasteiger partial charge in [-0.05, 0) is 32.9 Å². The van der Waals surface area contributed by atoms with Crippen LogP contribution < -0.4 is 0 Å². The van der Waals surface area contributed by atoms with E-state index in [1.54, 1.807) is 16.7 Å². The number of hydrogen-bond acceptors (Lipinski definition) is 4. The predicted molar refractivity (Wildman–Crippen MR) is 103 cm³/mol. The molecular weight excluding hydrogens is 322 g/mol. The van der Waals surface area contributed by atoms with Crippen LogP contribution in [-0.2, 0) is 4.74 Å². The van der Waals surface area contributed by atoms with Crippen LogP contribution in [0.15, 0.2) is 0 Å². The molecule has 0 bridgehead atoms. The van der Waals surface area contributed by atoms with Crippen LogP contribution in [0.4, 0.5) is 4.79 Å². The highest BCUT2D eigenvalue weighted by Crippen LogP contribution is 2.26. The van der Waals surface area contributed by atoms with Gasteiger partial charge in [-0.1, -0.05) is 51.9 Å². The summed E-state index contributed by atoms with van der Waals surface area (Å²) in [6, 6.07) is 0. The maximum absolute atomic E-state index is 12.1. The smallest absolute Gasteiger partial charge is 0.410 e. The summed E-state index contributed by atoms with van der Waals surface area (Å²) < 4.78 is 5.38. The van der Waals surface area contributed by atoms with Crippen LogP contribution in [0.1, 0.15) is 79.1 Å². The first-order chi connectivity index (χ1) is 11.3. The molecule has 1 saturated heterocycles. The normalized spacial score (nSPS) is 21.3. The lowest BCUT2D eigenvalue weighted by Crippen LogP contribution is -2.35. The molecule has 0 aliphatic carbocycles. The average Bonchev–Trinajstić information content (AvgIpc) is 2.85. The molecule has 1 fully saturated rings. The molecule has 1 amide bonds. The van der Waals surface area contributed by atoms with Gasteiger partial charge in [-0.2, -0.15) is 11.8 Å². The van der Waals surface area contributed by atoms with E-state index in [-0.39, 0.29) is 11.3 Å². The molecule has 0 spiro atoms. The SMILES string of the molecule is CCCCCCCCCCSC1CN(C(=O)OC(C)(C)C)CC1O. The predicted octanol–water partition coefficient (Wildman–Crippen LogP) is 4.84. The van der Waals surface area contributed by atoms with Gasteiger partial charge in [-0.25, -0.2) is 4.79 Å². The molecule has 2 atom stereocenters. The Bertz CT molecular complexity index is 357. The molecule has 1 aliphatic rings. The van der Waals surface area contributed by atoms with E-state index in [0.717, 1.165) is 5.75 Å². The number of nitrogens with zero attached hydrogens (tertiary/aromatic N) is 1. The van der Waals surface area contributed by atoms with Crippen molar-refractivity contribution in [1.82, 2.24) is 4.90 Å². The Morgan fingerprint density at radius 3 is 2.25 bits per heavy atom. The number of carbonyl (C=O) groups is 1. The van der Waals surface area contributed by atoms with E-state index in [2.05, 4.69) is 6.92 Å². The van der Waals surface area contributed by atoms with E-state index >= 15 is 0 Å². The van der Waals surface area contributed by atoms with Gasteiger partial charge in [0.15, 0.2) is 0 Å². The number of amides is 1. The maximum atomic E-state index is 12.1. The quantitative estimate of drug-likeness (QED) is 0.567. The molecule has 2 unspecified atom stereocenters. The summed E-state index contributed by atoms with van der Waals surface area (Å²) in [5.74, 6) is 1.07. The number of carbonyl (C=O) groups excluding carboxylic acids is 1. The summed E-state index contributed by atoms with van der Waals surface area (Å²) in [6.07, 6.45) is 9.82. The van der Waals surface area contributed by atoms with Gasteiger partial charge in [0.05, 0.1) is 17.9 Å². The number of hydrogen-bond donors (Lipinski definition) is 1. The van der Waals surface area contributed by atoms with E-state index in [0.29, 0.717) is 13.1 Å². The van der Waals surface area contributed by atoms with Crippen molar-refractivity contribution in [2.45, 2.75) is 96.0 Å². The minimum atomic E-state index is -0.482. The largest absolute Gasteiger partial charge is 0.444 e. The standard InChI is InChI=1S/C19H37NO3S/c1-5-6-7-8-9-10-11-12-13-24-17-15-20(14-16(17)21)18(22)23-19(2,3)4/h16-17,21H,5-15H2,1-4H3. The number of aliphatic hydroxyl groups is 1. The lowest BCUT2D eigenvalue weighted by Gasteiger charge is -2.24. The molecule has 0 radical (unpaired) electrons. The van der Waals surface area contributed by atoms with Crippen molar-refractivity contribution in [3.05, 3.63) is 0 Å². The summed E-state index contributed by atoms with van der Waals surface area (Å²) >= 11 is 1.80. The van der Waals surface area contributed by atoms with Crippen LogP contribution >= 0.6 is 11.8 Å². The number of thioether (sulfide) groups is 1. The van der Waals surface area contributed by atoms with Crippen molar-refractivity contribution in [2.24, 2.45) is 0 Å². The second-order valence-corrected chi connectivity index (χ2v) is 9.18. The fourth-order valence-electron chi connectivity index (χ4n) is 2.87. The van der Waals surface area contributed by atoms with Crippen molar-refractivity contribution in [3.63, 3.8) is 0 Å². The van der Waals surface area contributed by atoms with Gasteiger partial charge in [-0.15, -0.1) is 0 Å². The Kier molecular flexibility index (Phi) is 10.1. The molecule has 24 heavy (non-hydrogen) atoms. The molecule has 1 N–H and O–H groups in total. The summed E-state index contributed by atoms with van der Waals surface area (Å²) in [4.78, 5) is 13.7. The zero-order chi connectivity index (χ0) is 18.0. The third-order valence-corrected chi connectivity index (χ3v) is 5.63. The molecule has 1 heterocycles. The molecule has 5 heteroatoms. The van der Waals surface area contributed by atoms with E-state index in [4.69, 9.17) is 4.74 Å². The lowest BCUT2D eigenvalue weighted by atomic mass is 10.1. The molecule has 142 valence electrons. The molecule has 0 aromatic rings. The first-order valence-corrected chi connectivity index (χ1v) is 10.7. The molecule has 0 aromatic heterocycles. The number of unbranched alkanes of at least 4 members (excludes halogenated alkanes) is 7. The zero-order valence-electron chi connectivity index (χ0n) is 16.1. The van der Waals surface area contributed by atoms with Gasteiger partial charge in [-0.3, -0.25) is 0 Å². The summed E-state index contributed by atoms with van der Waals surface area (Å²) in [7, 11) is 0. The molecule has 0 aromatic carbocycles. The third-order valence-electron chi connectivity index (χ3n) is 4.22. The third kappa shape index (κ3) is 9.16. The van der Waals surface area contributed by atoms with Gasteiger partial charge in [0, 0.05) is 6.54 Å². The maximum Gasteiger partial charge on any atom is 0.410 e. The highest BCUT2D eigenvalue weighted by atomic mass is 32.2. The Balaban J connectivity index is 2.10. The number of ether oxygens (including phenoxy) is 1. The van der Waals surface area contributed by atoms with Crippen LogP contribution in [-0.4, -0.2) is 51.9 Å². The Labute approximate surface area is 152 Å². The first kappa shape index (κ1) is 21.6. The van der Waals surface area contributed by atoms with Crippen LogP contribution in [0.3, 0.4) is 0 Å². The van der Waals surface area contributed by atoms with Crippen molar-refractivity contribution in [3.8, 4) is 0 Å². The lowest BCUT2D eigenvalue weighted by molar-refractivity contribution is 0.0270. The second kappa shape index (κ2) is 11.2. The summed E-state index contributed by atoms with van der Waals surface area (Å²) in [5.41, 5.74) is -0.482. The van der Waals surface area contributed by atoms with Crippen molar-refractivity contribution < 1.29 is 14.6 Å². The number of β-amino-alcohol motifs (C(OH)–C–C–N with tert-alkyl or cyclic N) is 1. The van der Waals surface area contributed by atoms with Gasteiger partial charge in [0.2, 0.25) is 0 Å². The molecule has 1 rings (SSSR count). The van der Waals surface area contributed by atoms with E-state index < -0.39 is 11.7 Å². The molecular formula is C19H37NO3S. The van der Waals surface area contributed by atoms with Crippen LogP contribution in [0, 0.1) is 0 Å². The van der Waals surface area contributed by atoms with Crippen molar-refractivity contribution in [2.75, 3.05) is 18.8 Å². The van der Waals surface area contributed by atoms with E-state index in [1.807, 2.05) is 20.8 Å². The molecule has 1 aliphatic heterocycles. The average molecular weight is 360 g/mol. The minimum Gasteiger partial charge on any atom is -0.444 e. The highest BCUT2D eigenvalue weighted by Gasteiger charge is 2.36. The summed E-state index contributed by atoms with van der Waals surface area (Å²) in [5, 5.41) is 10.3. The fraction of sp³-hybridized carbons (Fsp3) is 0.947. The van der Waals surface area contributed by atoms with Gasteiger partial charge < -0.3 is 14.7 Å². The Hall–Kier alpha value is -0.420. The number of aliphatic hydroxyl groups excluding tert-OH is 1. The Morgan fingerprint density at radius 2 is 1.67 bits per heavy atom. The van der Waals surface area contributed by atoms with Crippen LogP contribution in [0.25, 0.3) is 0 Å². The van der Waals surface area contributed by atoms with E-state index in [9.17, 15) is 9.90 Å². The second-order valence-electron chi connectivity index (χ2n) is 7.84. The van der Waals surface area contributed by atoms with Gasteiger partial charge in [0.1, 0.15) is 5.60 Å². The monoisotopic (exact) mass is 359 g/mol. The van der Waals surface area contributed by atoms with Crippen molar-refractivity contribution >= 4 is 17.9 Å². The molecule has 4 nitrogen and oxygen atoms in total. The number of likely N-dealkylation sites (tertiary alicyclic amines) is 1. The van der Waals surface area contributed by atoms with Gasteiger partial charge >= 0.3 is 6.09 Å². The summed E-state index contributed by atoms with van der Waals surface area (Å²) in [6.45, 7) is 8.84. The molecule has 0 saturated carbocycles. The Morgan fingerprint density at radius 1 is 1.08 bits per heavy atom. The fourth-order valence-corrected chi connectivity index (χ4v) is 4.13. The topological polar surface area (TPSA) is 49.8 Å². The highest BCUT2D eigenvalue weighted by molar-refractivity contribution is 8.00.